The Morgan fingerprint density at radius 1 is 1.37 bits per heavy atom. The number of unbranched alkanes of at least 4 members (excludes halogenated alkanes) is 1. The Kier molecular flexibility index (Phi) is 6.09. The van der Waals surface area contributed by atoms with E-state index in [1.807, 2.05) is 6.92 Å². The summed E-state index contributed by atoms with van der Waals surface area (Å²) in [7, 11) is -3.68. The Balaban J connectivity index is 2.96. The lowest BCUT2D eigenvalue weighted by atomic mass is 10.3. The van der Waals surface area contributed by atoms with Crippen LogP contribution in [0.1, 0.15) is 19.8 Å². The maximum atomic E-state index is 12.3. The summed E-state index contributed by atoms with van der Waals surface area (Å²) in [4.78, 5) is 7.52. The maximum Gasteiger partial charge on any atom is 0.246 e. The van der Waals surface area contributed by atoms with E-state index in [0.29, 0.717) is 6.54 Å². The zero-order valence-electron chi connectivity index (χ0n) is 10.8. The van der Waals surface area contributed by atoms with Crippen LogP contribution in [0.3, 0.4) is 0 Å². The molecule has 4 N–H and O–H groups in total. The van der Waals surface area contributed by atoms with Crippen molar-refractivity contribution in [1.82, 2.24) is 14.3 Å². The topological polar surface area (TPSA) is 121 Å². The summed E-state index contributed by atoms with van der Waals surface area (Å²) >= 11 is 0. The number of aliphatic hydroxyl groups excluding tert-OH is 1. The molecular weight excluding hydrogens is 270 g/mol. The van der Waals surface area contributed by atoms with Crippen LogP contribution in [0.25, 0.3) is 0 Å². The first kappa shape index (κ1) is 15.8. The summed E-state index contributed by atoms with van der Waals surface area (Å²) in [5.74, 6) is 5.25. The Hall–Kier alpha value is -1.29. The van der Waals surface area contributed by atoms with Crippen molar-refractivity contribution < 1.29 is 13.5 Å². The van der Waals surface area contributed by atoms with E-state index in [2.05, 4.69) is 15.4 Å². The van der Waals surface area contributed by atoms with Gasteiger partial charge in [-0.05, 0) is 6.42 Å². The third kappa shape index (κ3) is 4.10. The first-order valence-corrected chi connectivity index (χ1v) is 7.40. The van der Waals surface area contributed by atoms with Gasteiger partial charge < -0.3 is 5.11 Å². The molecular formula is C10H19N5O3S. The molecule has 0 aliphatic rings. The van der Waals surface area contributed by atoms with Crippen molar-refractivity contribution in [3.05, 3.63) is 12.4 Å². The van der Waals surface area contributed by atoms with Crippen LogP contribution in [0.15, 0.2) is 17.3 Å². The Bertz CT molecular complexity index is 476. The summed E-state index contributed by atoms with van der Waals surface area (Å²) in [6, 6.07) is 0. The van der Waals surface area contributed by atoms with Gasteiger partial charge in [0.15, 0.2) is 0 Å². The van der Waals surface area contributed by atoms with Crippen molar-refractivity contribution in [2.24, 2.45) is 5.84 Å². The smallest absolute Gasteiger partial charge is 0.246 e. The van der Waals surface area contributed by atoms with E-state index in [9.17, 15) is 8.42 Å². The highest BCUT2D eigenvalue weighted by Gasteiger charge is 2.24. The van der Waals surface area contributed by atoms with Gasteiger partial charge in [0.2, 0.25) is 16.0 Å². The molecule has 19 heavy (non-hydrogen) atoms. The van der Waals surface area contributed by atoms with Gasteiger partial charge in [-0.15, -0.1) is 0 Å². The lowest BCUT2D eigenvalue weighted by Crippen LogP contribution is -2.34. The minimum atomic E-state index is -3.68. The second-order valence-corrected chi connectivity index (χ2v) is 5.81. The zero-order valence-corrected chi connectivity index (χ0v) is 11.6. The van der Waals surface area contributed by atoms with E-state index in [1.54, 1.807) is 0 Å². The average Bonchev–Trinajstić information content (AvgIpc) is 2.43. The number of nitrogens with zero attached hydrogens (tertiary/aromatic N) is 3. The zero-order chi connectivity index (χ0) is 14.3. The van der Waals surface area contributed by atoms with E-state index in [0.717, 1.165) is 12.8 Å². The normalized spacial score (nSPS) is 11.8. The van der Waals surface area contributed by atoms with Gasteiger partial charge in [0, 0.05) is 13.1 Å². The van der Waals surface area contributed by atoms with Gasteiger partial charge >= 0.3 is 0 Å². The first-order valence-electron chi connectivity index (χ1n) is 5.96. The molecule has 0 atom stereocenters. The second-order valence-electron chi connectivity index (χ2n) is 3.87. The predicted octanol–water partition coefficient (Wildman–Crippen LogP) is -0.455. The Morgan fingerprint density at radius 3 is 2.47 bits per heavy atom. The highest BCUT2D eigenvalue weighted by atomic mass is 32.2. The highest BCUT2D eigenvalue weighted by molar-refractivity contribution is 7.89. The summed E-state index contributed by atoms with van der Waals surface area (Å²) in [5, 5.41) is 8.96. The second kappa shape index (κ2) is 7.34. The van der Waals surface area contributed by atoms with Gasteiger partial charge in [-0.25, -0.2) is 24.2 Å². The number of hydrogen-bond acceptors (Lipinski definition) is 7. The van der Waals surface area contributed by atoms with Gasteiger partial charge in [0.1, 0.15) is 4.90 Å². The molecule has 0 saturated carbocycles. The van der Waals surface area contributed by atoms with Crippen LogP contribution < -0.4 is 11.3 Å². The van der Waals surface area contributed by atoms with Crippen molar-refractivity contribution in [3.8, 4) is 0 Å². The van der Waals surface area contributed by atoms with Crippen LogP contribution in [-0.2, 0) is 10.0 Å². The monoisotopic (exact) mass is 289 g/mol. The van der Waals surface area contributed by atoms with E-state index >= 15 is 0 Å². The van der Waals surface area contributed by atoms with Gasteiger partial charge in [0.25, 0.3) is 0 Å². The van der Waals surface area contributed by atoms with E-state index in [-0.39, 0.29) is 24.0 Å². The standard InChI is InChI=1S/C10H19N5O3S/c1-2-3-4-15(5-6-16)19(17,18)9-7-12-10(14-11)13-8-9/h7-8,16H,2-6,11H2,1H3,(H,12,13,14). The van der Waals surface area contributed by atoms with Crippen molar-refractivity contribution in [3.63, 3.8) is 0 Å². The fourth-order valence-electron chi connectivity index (χ4n) is 1.47. The number of nitrogens with two attached hydrogens (primary N) is 1. The average molecular weight is 289 g/mol. The molecule has 0 unspecified atom stereocenters. The SMILES string of the molecule is CCCCN(CCO)S(=O)(=O)c1cnc(NN)nc1. The molecule has 108 valence electrons. The third-order valence-corrected chi connectivity index (χ3v) is 4.36. The summed E-state index contributed by atoms with van der Waals surface area (Å²) in [6.45, 7) is 2.15. The largest absolute Gasteiger partial charge is 0.395 e. The van der Waals surface area contributed by atoms with Gasteiger partial charge in [0.05, 0.1) is 19.0 Å². The van der Waals surface area contributed by atoms with Crippen molar-refractivity contribution in [2.75, 3.05) is 25.1 Å². The van der Waals surface area contributed by atoms with E-state index in [4.69, 9.17) is 10.9 Å². The number of anilines is 1. The number of hydrogen-bond donors (Lipinski definition) is 3. The molecule has 9 heteroatoms. The van der Waals surface area contributed by atoms with Crippen molar-refractivity contribution in [1.29, 1.82) is 0 Å². The number of nitrogens with one attached hydrogen (secondary N) is 1. The van der Waals surface area contributed by atoms with Crippen LogP contribution >= 0.6 is 0 Å². The van der Waals surface area contributed by atoms with Crippen molar-refractivity contribution in [2.45, 2.75) is 24.7 Å². The molecule has 0 bridgehead atoms. The van der Waals surface area contributed by atoms with E-state index in [1.165, 1.54) is 16.7 Å². The lowest BCUT2D eigenvalue weighted by Gasteiger charge is -2.20. The quantitative estimate of drug-likeness (QED) is 0.437. The molecule has 0 saturated heterocycles. The van der Waals surface area contributed by atoms with Crippen LogP contribution in [0.2, 0.25) is 0 Å². The molecule has 0 radical (unpaired) electrons. The number of hydrazine groups is 1. The fourth-order valence-corrected chi connectivity index (χ4v) is 2.83. The molecule has 8 nitrogen and oxygen atoms in total. The van der Waals surface area contributed by atoms with Gasteiger partial charge in [-0.2, -0.15) is 4.31 Å². The van der Waals surface area contributed by atoms with Crippen LogP contribution in [0.4, 0.5) is 5.95 Å². The minimum absolute atomic E-state index is 0.0175. The number of aliphatic hydroxyl groups is 1. The van der Waals surface area contributed by atoms with Crippen molar-refractivity contribution >= 4 is 16.0 Å². The summed E-state index contributed by atoms with van der Waals surface area (Å²) in [5.41, 5.74) is 2.22. The predicted molar refractivity (Wildman–Crippen MR) is 70.6 cm³/mol. The lowest BCUT2D eigenvalue weighted by molar-refractivity contribution is 0.252. The molecule has 0 amide bonds. The fraction of sp³-hybridized carbons (Fsp3) is 0.600. The van der Waals surface area contributed by atoms with Crippen LogP contribution in [0, 0.1) is 0 Å². The third-order valence-electron chi connectivity index (χ3n) is 2.51. The molecule has 0 fully saturated rings. The first-order chi connectivity index (χ1) is 9.06. The number of nitrogen functional groups attached to an aromatic ring is 1. The summed E-state index contributed by atoms with van der Waals surface area (Å²) < 4.78 is 25.8. The minimum Gasteiger partial charge on any atom is -0.395 e. The highest BCUT2D eigenvalue weighted by Crippen LogP contribution is 2.15. The van der Waals surface area contributed by atoms with Gasteiger partial charge in [-0.1, -0.05) is 13.3 Å². The number of sulfonamides is 1. The molecule has 0 spiro atoms. The number of aromatic nitrogens is 2. The molecule has 0 aliphatic carbocycles. The summed E-state index contributed by atoms with van der Waals surface area (Å²) in [6.07, 6.45) is 3.97. The number of rotatable bonds is 8. The molecule has 0 aliphatic heterocycles. The molecule has 1 aromatic heterocycles. The van der Waals surface area contributed by atoms with Crippen LogP contribution in [-0.4, -0.2) is 47.5 Å². The molecule has 0 aromatic carbocycles. The molecule has 1 heterocycles. The molecule has 1 aromatic rings. The van der Waals surface area contributed by atoms with E-state index < -0.39 is 10.0 Å². The molecule has 1 rings (SSSR count). The van der Waals surface area contributed by atoms with Gasteiger partial charge in [-0.3, -0.25) is 5.43 Å². The van der Waals surface area contributed by atoms with Crippen LogP contribution in [0.5, 0.6) is 0 Å². The maximum absolute atomic E-state index is 12.3. The Morgan fingerprint density at radius 2 is 2.00 bits per heavy atom. The Labute approximate surface area is 112 Å².